The van der Waals surface area contributed by atoms with Crippen molar-refractivity contribution in [2.24, 2.45) is 0 Å². The zero-order valence-electron chi connectivity index (χ0n) is 16.5. The maximum Gasteiger partial charge on any atom is 0.279 e. The van der Waals surface area contributed by atoms with Crippen LogP contribution in [-0.4, -0.2) is 38.0 Å². The number of para-hydroxylation sites is 1. The van der Waals surface area contributed by atoms with E-state index in [1.54, 1.807) is 0 Å². The first-order valence-corrected chi connectivity index (χ1v) is 9.32. The van der Waals surface area contributed by atoms with Gasteiger partial charge in [0.05, 0.1) is 6.54 Å². The molecule has 3 N–H and O–H groups in total. The van der Waals surface area contributed by atoms with Crippen LogP contribution in [0.2, 0.25) is 0 Å². The molecule has 0 aromatic heterocycles. The molecule has 5 nitrogen and oxygen atoms in total. The summed E-state index contributed by atoms with van der Waals surface area (Å²) in [5.41, 5.74) is 3.24. The topological polar surface area (TPSA) is 62.6 Å². The van der Waals surface area contributed by atoms with Gasteiger partial charge < -0.3 is 15.5 Å². The number of likely N-dealkylation sites (N-methyl/N-ethyl adjacent to an activating group) is 2. The Balaban J connectivity index is 2.90. The van der Waals surface area contributed by atoms with Crippen molar-refractivity contribution in [2.75, 3.05) is 31.5 Å². The molecule has 0 aliphatic rings. The predicted octanol–water partition coefficient (Wildman–Crippen LogP) is 1.91. The number of hydrogen-bond acceptors (Lipinski definition) is 2. The molecule has 1 unspecified atom stereocenters. The predicted molar refractivity (Wildman–Crippen MR) is 103 cm³/mol. The van der Waals surface area contributed by atoms with Crippen LogP contribution in [0.15, 0.2) is 18.2 Å². The van der Waals surface area contributed by atoms with Crippen molar-refractivity contribution in [3.8, 4) is 0 Å². The Bertz CT molecular complexity index is 556. The normalized spacial score (nSPS) is 12.3. The third-order valence-corrected chi connectivity index (χ3v) is 4.33. The fourth-order valence-corrected chi connectivity index (χ4v) is 2.91. The van der Waals surface area contributed by atoms with E-state index < -0.39 is 0 Å². The minimum atomic E-state index is -0.0452. The van der Waals surface area contributed by atoms with E-state index in [1.807, 2.05) is 13.8 Å². The highest BCUT2D eigenvalue weighted by atomic mass is 16.2. The average molecular weight is 349 g/mol. The summed E-state index contributed by atoms with van der Waals surface area (Å²) in [7, 11) is 0. The highest BCUT2D eigenvalue weighted by molar-refractivity contribution is 5.93. The van der Waals surface area contributed by atoms with Crippen molar-refractivity contribution < 1.29 is 14.5 Å². The summed E-state index contributed by atoms with van der Waals surface area (Å²) in [5, 5.41) is 5.91. The highest BCUT2D eigenvalue weighted by Gasteiger charge is 2.20. The van der Waals surface area contributed by atoms with Crippen LogP contribution in [0.5, 0.6) is 0 Å². The van der Waals surface area contributed by atoms with Crippen LogP contribution < -0.4 is 15.5 Å². The monoisotopic (exact) mass is 348 g/mol. The molecule has 0 aliphatic carbocycles. The first-order chi connectivity index (χ1) is 11.8. The number of rotatable bonds is 9. The van der Waals surface area contributed by atoms with Gasteiger partial charge >= 0.3 is 0 Å². The van der Waals surface area contributed by atoms with Gasteiger partial charge in [0.25, 0.3) is 11.8 Å². The van der Waals surface area contributed by atoms with Crippen molar-refractivity contribution in [3.05, 3.63) is 29.3 Å². The SMILES string of the molecule is CCNC(=O)C[NH+](CC)CC(=O)Nc1c(C(C)C)cccc1C(C)C. The molecule has 0 bridgehead atoms. The first kappa shape index (κ1) is 21.2. The van der Waals surface area contributed by atoms with E-state index >= 15 is 0 Å². The molecule has 25 heavy (non-hydrogen) atoms. The first-order valence-electron chi connectivity index (χ1n) is 9.32. The molecular formula is C20H34N3O2+. The Morgan fingerprint density at radius 1 is 0.960 bits per heavy atom. The molecule has 140 valence electrons. The number of hydrogen-bond donors (Lipinski definition) is 3. The van der Waals surface area contributed by atoms with Gasteiger partial charge in [-0.05, 0) is 36.8 Å². The van der Waals surface area contributed by atoms with Crippen LogP contribution in [0.3, 0.4) is 0 Å². The summed E-state index contributed by atoms with van der Waals surface area (Å²) in [6.07, 6.45) is 0. The van der Waals surface area contributed by atoms with Gasteiger partial charge in [-0.1, -0.05) is 45.9 Å². The molecule has 1 atom stereocenters. The number of quaternary nitrogens is 1. The molecule has 1 rings (SSSR count). The fourth-order valence-electron chi connectivity index (χ4n) is 2.91. The lowest BCUT2D eigenvalue weighted by Crippen LogP contribution is -3.14. The smallest absolute Gasteiger partial charge is 0.279 e. The second-order valence-electron chi connectivity index (χ2n) is 7.08. The second kappa shape index (κ2) is 10.2. The Morgan fingerprint density at radius 2 is 1.48 bits per heavy atom. The molecule has 0 aliphatic heterocycles. The number of nitrogens with one attached hydrogen (secondary N) is 3. The lowest BCUT2D eigenvalue weighted by atomic mass is 9.92. The summed E-state index contributed by atoms with van der Waals surface area (Å²) in [6, 6.07) is 6.20. The van der Waals surface area contributed by atoms with E-state index in [4.69, 9.17) is 0 Å². The zero-order valence-corrected chi connectivity index (χ0v) is 16.5. The van der Waals surface area contributed by atoms with Crippen molar-refractivity contribution in [1.82, 2.24) is 5.32 Å². The molecule has 1 aromatic rings. The van der Waals surface area contributed by atoms with Gasteiger partial charge in [0, 0.05) is 12.2 Å². The Labute approximate surface area is 152 Å². The average Bonchev–Trinajstić information content (AvgIpc) is 2.53. The maximum absolute atomic E-state index is 12.6. The molecule has 0 fully saturated rings. The minimum Gasteiger partial charge on any atom is -0.351 e. The number of carbonyl (C=O) groups is 2. The van der Waals surface area contributed by atoms with Gasteiger partial charge in [-0.15, -0.1) is 0 Å². The van der Waals surface area contributed by atoms with E-state index in [1.165, 1.54) is 0 Å². The molecule has 0 heterocycles. The standard InChI is InChI=1S/C20H33N3O2/c1-7-21-18(24)12-23(8-2)13-19(25)22-20-16(14(3)4)10-9-11-17(20)15(5)6/h9-11,14-15H,7-8,12-13H2,1-6H3,(H,21,24)(H,22,25)/p+1. The number of amides is 2. The van der Waals surface area contributed by atoms with E-state index in [-0.39, 0.29) is 18.4 Å². The third-order valence-electron chi connectivity index (χ3n) is 4.33. The third kappa shape index (κ3) is 6.50. The minimum absolute atomic E-state index is 0.0161. The van der Waals surface area contributed by atoms with E-state index in [0.29, 0.717) is 24.9 Å². The summed E-state index contributed by atoms with van der Waals surface area (Å²) < 4.78 is 0. The van der Waals surface area contributed by atoms with Gasteiger partial charge in [0.15, 0.2) is 13.1 Å². The number of anilines is 1. The summed E-state index contributed by atoms with van der Waals surface area (Å²) >= 11 is 0. The van der Waals surface area contributed by atoms with Crippen molar-refractivity contribution in [3.63, 3.8) is 0 Å². The molecule has 2 amide bonds. The molecule has 5 heteroatoms. The van der Waals surface area contributed by atoms with Crippen LogP contribution in [0.25, 0.3) is 0 Å². The summed E-state index contributed by atoms with van der Waals surface area (Å²) in [5.74, 6) is 0.603. The van der Waals surface area contributed by atoms with Crippen LogP contribution in [0.4, 0.5) is 5.69 Å². The van der Waals surface area contributed by atoms with Gasteiger partial charge in [0.1, 0.15) is 0 Å². The Hall–Kier alpha value is -1.88. The summed E-state index contributed by atoms with van der Waals surface area (Å²) in [6.45, 7) is 14.4. The van der Waals surface area contributed by atoms with Crippen LogP contribution in [0.1, 0.15) is 64.5 Å². The van der Waals surface area contributed by atoms with Crippen LogP contribution in [-0.2, 0) is 9.59 Å². The van der Waals surface area contributed by atoms with Gasteiger partial charge in [-0.3, -0.25) is 9.59 Å². The maximum atomic E-state index is 12.6. The summed E-state index contributed by atoms with van der Waals surface area (Å²) in [4.78, 5) is 25.3. The van der Waals surface area contributed by atoms with E-state index in [0.717, 1.165) is 28.3 Å². The van der Waals surface area contributed by atoms with Crippen LogP contribution in [0, 0.1) is 0 Å². The number of benzene rings is 1. The van der Waals surface area contributed by atoms with E-state index in [2.05, 4.69) is 56.5 Å². The number of carbonyl (C=O) groups excluding carboxylic acids is 2. The quantitative estimate of drug-likeness (QED) is 0.638. The molecule has 1 aromatic carbocycles. The zero-order chi connectivity index (χ0) is 19.0. The molecule has 0 spiro atoms. The fraction of sp³-hybridized carbons (Fsp3) is 0.600. The highest BCUT2D eigenvalue weighted by Crippen LogP contribution is 2.32. The van der Waals surface area contributed by atoms with Gasteiger partial charge in [-0.2, -0.15) is 0 Å². The van der Waals surface area contributed by atoms with Crippen LogP contribution >= 0.6 is 0 Å². The second-order valence-corrected chi connectivity index (χ2v) is 7.08. The lowest BCUT2D eigenvalue weighted by molar-refractivity contribution is -0.881. The van der Waals surface area contributed by atoms with Gasteiger partial charge in [0.2, 0.25) is 0 Å². The van der Waals surface area contributed by atoms with Gasteiger partial charge in [-0.25, -0.2) is 0 Å². The molecule has 0 saturated heterocycles. The molecule has 0 radical (unpaired) electrons. The largest absolute Gasteiger partial charge is 0.351 e. The van der Waals surface area contributed by atoms with E-state index in [9.17, 15) is 9.59 Å². The van der Waals surface area contributed by atoms with Crippen molar-refractivity contribution in [1.29, 1.82) is 0 Å². The Morgan fingerprint density at radius 3 is 1.92 bits per heavy atom. The molecule has 0 saturated carbocycles. The molecular weight excluding hydrogens is 314 g/mol. The Kier molecular flexibility index (Phi) is 8.62. The van der Waals surface area contributed by atoms with Crippen molar-refractivity contribution >= 4 is 17.5 Å². The van der Waals surface area contributed by atoms with Crippen molar-refractivity contribution in [2.45, 2.75) is 53.4 Å². The lowest BCUT2D eigenvalue weighted by Gasteiger charge is -2.21.